The number of unbranched alkanes of at least 4 members (excludes halogenated alkanes) is 1. The summed E-state index contributed by atoms with van der Waals surface area (Å²) in [6.07, 6.45) is 6.96. The number of benzene rings is 1. The molecule has 0 radical (unpaired) electrons. The van der Waals surface area contributed by atoms with E-state index in [1.54, 1.807) is 12.1 Å². The van der Waals surface area contributed by atoms with Crippen molar-refractivity contribution in [3.63, 3.8) is 0 Å². The highest BCUT2D eigenvalue weighted by molar-refractivity contribution is 7.83. The van der Waals surface area contributed by atoms with Crippen molar-refractivity contribution in [1.82, 2.24) is 24.5 Å². The Morgan fingerprint density at radius 3 is 2.61 bits per heavy atom. The van der Waals surface area contributed by atoms with Crippen molar-refractivity contribution >= 4 is 28.0 Å². The topological polar surface area (TPSA) is 125 Å². The molecular formula is C23H32N6O3S. The fourth-order valence-electron chi connectivity index (χ4n) is 4.11. The van der Waals surface area contributed by atoms with Crippen molar-refractivity contribution in [2.24, 2.45) is 0 Å². The molecule has 9 nitrogen and oxygen atoms in total. The Morgan fingerprint density at radius 2 is 1.91 bits per heavy atom. The van der Waals surface area contributed by atoms with Crippen molar-refractivity contribution in [2.45, 2.75) is 62.5 Å². The minimum atomic E-state index is -1.38. The van der Waals surface area contributed by atoms with Crippen molar-refractivity contribution in [3.05, 3.63) is 30.5 Å². The SMILES string of the molecule is CCCCNc1ncc2c(-c3ccc(S(=O)NCCO)cc3)nn(C3CCC(O)CC3)c2n1. The quantitative estimate of drug-likeness (QED) is 0.334. The van der Waals surface area contributed by atoms with Crippen molar-refractivity contribution in [1.29, 1.82) is 0 Å². The van der Waals surface area contributed by atoms with Gasteiger partial charge in [0.2, 0.25) is 5.95 Å². The number of hydrogen-bond donors (Lipinski definition) is 4. The maximum absolute atomic E-state index is 12.3. The van der Waals surface area contributed by atoms with E-state index in [0.29, 0.717) is 10.8 Å². The van der Waals surface area contributed by atoms with E-state index in [1.165, 1.54) is 0 Å². The Labute approximate surface area is 196 Å². The second-order valence-electron chi connectivity index (χ2n) is 8.38. The first-order valence-corrected chi connectivity index (χ1v) is 12.8. The molecule has 0 spiro atoms. The minimum Gasteiger partial charge on any atom is -0.395 e. The van der Waals surface area contributed by atoms with Crippen LogP contribution in [0, 0.1) is 0 Å². The zero-order valence-corrected chi connectivity index (χ0v) is 19.7. The highest BCUT2D eigenvalue weighted by Crippen LogP contribution is 2.34. The lowest BCUT2D eigenvalue weighted by Gasteiger charge is -2.25. The highest BCUT2D eigenvalue weighted by atomic mass is 32.2. The summed E-state index contributed by atoms with van der Waals surface area (Å²) in [5.74, 6) is 0.597. The number of hydrogen-bond acceptors (Lipinski definition) is 7. The molecule has 33 heavy (non-hydrogen) atoms. The Kier molecular flexibility index (Phi) is 8.02. The van der Waals surface area contributed by atoms with E-state index in [1.807, 2.05) is 23.0 Å². The highest BCUT2D eigenvalue weighted by Gasteiger charge is 2.25. The van der Waals surface area contributed by atoms with Crippen LogP contribution in [0.4, 0.5) is 5.95 Å². The molecule has 2 heterocycles. The molecule has 1 atom stereocenters. The lowest BCUT2D eigenvalue weighted by atomic mass is 9.93. The van der Waals surface area contributed by atoms with Crippen molar-refractivity contribution < 1.29 is 14.4 Å². The fourth-order valence-corrected chi connectivity index (χ4v) is 4.94. The first kappa shape index (κ1) is 23.7. The molecule has 1 aliphatic rings. The Bertz CT molecular complexity index is 1080. The average Bonchev–Trinajstić information content (AvgIpc) is 3.22. The van der Waals surface area contributed by atoms with Crippen LogP contribution in [0.3, 0.4) is 0 Å². The van der Waals surface area contributed by atoms with Crippen LogP contribution in [0.15, 0.2) is 35.4 Å². The van der Waals surface area contributed by atoms with Gasteiger partial charge in [-0.05, 0) is 44.2 Å². The largest absolute Gasteiger partial charge is 0.395 e. The van der Waals surface area contributed by atoms with Gasteiger partial charge in [-0.3, -0.25) is 0 Å². The van der Waals surface area contributed by atoms with Gasteiger partial charge in [-0.1, -0.05) is 25.5 Å². The van der Waals surface area contributed by atoms with Crippen LogP contribution in [0.5, 0.6) is 0 Å². The molecule has 0 saturated heterocycles. The summed E-state index contributed by atoms with van der Waals surface area (Å²) in [5, 5.41) is 28.0. The summed E-state index contributed by atoms with van der Waals surface area (Å²) in [6, 6.07) is 7.59. The van der Waals surface area contributed by atoms with E-state index in [9.17, 15) is 9.32 Å². The van der Waals surface area contributed by atoms with Gasteiger partial charge in [0.1, 0.15) is 16.7 Å². The first-order valence-electron chi connectivity index (χ1n) is 11.6. The van der Waals surface area contributed by atoms with Crippen LogP contribution < -0.4 is 10.0 Å². The van der Waals surface area contributed by atoms with E-state index in [2.05, 4.69) is 21.9 Å². The van der Waals surface area contributed by atoms with Crippen molar-refractivity contribution in [2.75, 3.05) is 25.0 Å². The summed E-state index contributed by atoms with van der Waals surface area (Å²) in [5.41, 5.74) is 2.47. The zero-order chi connectivity index (χ0) is 23.2. The molecule has 2 aromatic heterocycles. The number of fused-ring (bicyclic) bond motifs is 1. The smallest absolute Gasteiger partial charge is 0.224 e. The summed E-state index contributed by atoms with van der Waals surface area (Å²) in [6.45, 7) is 3.17. The normalized spacial score (nSPS) is 19.6. The molecule has 1 unspecified atom stereocenters. The van der Waals surface area contributed by atoms with Crippen LogP contribution in [0.1, 0.15) is 51.5 Å². The summed E-state index contributed by atoms with van der Waals surface area (Å²) >= 11 is 0. The molecule has 0 aliphatic heterocycles. The van der Waals surface area contributed by atoms with Crippen LogP contribution in [-0.4, -0.2) is 60.0 Å². The number of nitrogens with zero attached hydrogens (tertiary/aromatic N) is 4. The number of aromatic nitrogens is 4. The molecule has 10 heteroatoms. The molecule has 4 N–H and O–H groups in total. The molecule has 0 amide bonds. The Hall–Kier alpha value is -2.40. The standard InChI is InChI=1S/C23H32N6O3S/c1-2-3-12-24-23-25-15-20-21(16-4-10-19(11-5-16)33(32)26-13-14-30)28-29(22(20)27-23)17-6-8-18(31)9-7-17/h4-5,10-11,15,17-18,26,30-31H,2-3,6-9,12-14H2,1H3,(H,24,25,27). The van der Waals surface area contributed by atoms with Crippen LogP contribution in [0.2, 0.25) is 0 Å². The van der Waals surface area contributed by atoms with E-state index >= 15 is 0 Å². The minimum absolute atomic E-state index is 0.0687. The number of anilines is 1. The Morgan fingerprint density at radius 1 is 1.15 bits per heavy atom. The van der Waals surface area contributed by atoms with Gasteiger partial charge < -0.3 is 15.5 Å². The molecule has 0 bridgehead atoms. The van der Waals surface area contributed by atoms with E-state index < -0.39 is 11.0 Å². The van der Waals surface area contributed by atoms with Gasteiger partial charge >= 0.3 is 0 Å². The van der Waals surface area contributed by atoms with Gasteiger partial charge in [0.05, 0.1) is 29.0 Å². The average molecular weight is 473 g/mol. The number of aliphatic hydroxyl groups excluding tert-OH is 2. The second kappa shape index (κ2) is 11.1. The van der Waals surface area contributed by atoms with Gasteiger partial charge in [-0.25, -0.2) is 18.6 Å². The molecular weight excluding hydrogens is 440 g/mol. The summed E-state index contributed by atoms with van der Waals surface area (Å²) < 4.78 is 17.0. The molecule has 4 rings (SSSR count). The lowest BCUT2D eigenvalue weighted by Crippen LogP contribution is -2.22. The second-order valence-corrected chi connectivity index (χ2v) is 9.68. The predicted octanol–water partition coefficient (Wildman–Crippen LogP) is 2.79. The number of rotatable bonds is 10. The maximum Gasteiger partial charge on any atom is 0.224 e. The lowest BCUT2D eigenvalue weighted by molar-refractivity contribution is 0.109. The monoisotopic (exact) mass is 472 g/mol. The number of aliphatic hydroxyl groups is 2. The molecule has 1 aromatic carbocycles. The molecule has 1 aliphatic carbocycles. The third kappa shape index (κ3) is 5.57. The molecule has 178 valence electrons. The van der Waals surface area contributed by atoms with Gasteiger partial charge in [-0.2, -0.15) is 10.1 Å². The molecule has 1 saturated carbocycles. The Balaban J connectivity index is 1.68. The maximum atomic E-state index is 12.3. The first-order chi connectivity index (χ1) is 16.1. The van der Waals surface area contributed by atoms with Crippen LogP contribution in [0.25, 0.3) is 22.3 Å². The van der Waals surface area contributed by atoms with Gasteiger partial charge in [0.25, 0.3) is 0 Å². The summed E-state index contributed by atoms with van der Waals surface area (Å²) in [4.78, 5) is 9.95. The van der Waals surface area contributed by atoms with Crippen LogP contribution in [-0.2, 0) is 11.0 Å². The van der Waals surface area contributed by atoms with E-state index in [-0.39, 0.29) is 25.3 Å². The molecule has 1 fully saturated rings. The number of nitrogens with one attached hydrogen (secondary N) is 2. The predicted molar refractivity (Wildman–Crippen MR) is 129 cm³/mol. The van der Waals surface area contributed by atoms with Crippen molar-refractivity contribution in [3.8, 4) is 11.3 Å². The van der Waals surface area contributed by atoms with Gasteiger partial charge in [-0.15, -0.1) is 0 Å². The van der Waals surface area contributed by atoms with E-state index in [0.717, 1.165) is 67.4 Å². The third-order valence-corrected chi connectivity index (χ3v) is 7.13. The zero-order valence-electron chi connectivity index (χ0n) is 18.9. The molecule has 3 aromatic rings. The summed E-state index contributed by atoms with van der Waals surface area (Å²) in [7, 11) is -1.38. The van der Waals surface area contributed by atoms with Gasteiger partial charge in [0.15, 0.2) is 5.65 Å². The third-order valence-electron chi connectivity index (χ3n) is 5.96. The van der Waals surface area contributed by atoms with E-state index in [4.69, 9.17) is 15.2 Å². The van der Waals surface area contributed by atoms with Crippen LogP contribution >= 0.6 is 0 Å². The van der Waals surface area contributed by atoms with Gasteiger partial charge in [0, 0.05) is 24.8 Å². The fraction of sp³-hybridized carbons (Fsp3) is 0.522.